The Morgan fingerprint density at radius 2 is 2.24 bits per heavy atom. The molecule has 0 saturated carbocycles. The lowest BCUT2D eigenvalue weighted by atomic mass is 9.88. The van der Waals surface area contributed by atoms with E-state index in [1.165, 1.54) is 5.56 Å². The molecule has 3 N–H and O–H groups in total. The molecule has 5 rings (SSSR count). The van der Waals surface area contributed by atoms with Crippen molar-refractivity contribution >= 4 is 49.9 Å². The number of benzene rings is 1. The number of thiophene rings is 1. The molecular weight excluding hydrogens is 386 g/mol. The average molecular weight is 407 g/mol. The molecule has 0 radical (unpaired) electrons. The summed E-state index contributed by atoms with van der Waals surface area (Å²) in [7, 11) is 0. The van der Waals surface area contributed by atoms with Crippen LogP contribution in [0.2, 0.25) is 0 Å². The monoisotopic (exact) mass is 407 g/mol. The van der Waals surface area contributed by atoms with Crippen LogP contribution < -0.4 is 5.32 Å². The van der Waals surface area contributed by atoms with Crippen LogP contribution in [-0.4, -0.2) is 31.2 Å². The van der Waals surface area contributed by atoms with Gasteiger partial charge in [-0.25, -0.2) is 9.97 Å². The zero-order valence-corrected chi connectivity index (χ0v) is 17.1. The summed E-state index contributed by atoms with van der Waals surface area (Å²) >= 11 is 1.61. The van der Waals surface area contributed by atoms with Crippen LogP contribution in [0.1, 0.15) is 35.2 Å². The van der Waals surface area contributed by atoms with Crippen molar-refractivity contribution in [2.45, 2.75) is 39.5 Å². The molecule has 1 aromatic carbocycles. The summed E-state index contributed by atoms with van der Waals surface area (Å²) in [6, 6.07) is 4.05. The number of aryl methyl sites for hydroxylation is 3. The highest BCUT2D eigenvalue weighted by Crippen LogP contribution is 2.41. The third-order valence-corrected chi connectivity index (χ3v) is 6.92. The summed E-state index contributed by atoms with van der Waals surface area (Å²) < 4.78 is 0. The van der Waals surface area contributed by atoms with Gasteiger partial charge in [-0.2, -0.15) is 5.10 Å². The number of fused-ring (bicyclic) bond motifs is 4. The van der Waals surface area contributed by atoms with Crippen LogP contribution in [0.3, 0.4) is 0 Å². The van der Waals surface area contributed by atoms with Crippen LogP contribution in [0.15, 0.2) is 18.3 Å². The van der Waals surface area contributed by atoms with Gasteiger partial charge in [0.2, 0.25) is 0 Å². The van der Waals surface area contributed by atoms with E-state index in [1.54, 1.807) is 11.3 Å². The van der Waals surface area contributed by atoms with E-state index < -0.39 is 5.97 Å². The summed E-state index contributed by atoms with van der Waals surface area (Å²) in [5, 5.41) is 22.2. The SMILES string of the molecule is CCc1nc(Nc2ccc3[nH]ncc3c2C)c2c3c(sc2n1)CC(C(=O)O)CC3. The number of nitrogens with zero attached hydrogens (tertiary/aromatic N) is 3. The number of nitrogens with one attached hydrogen (secondary N) is 2. The number of rotatable bonds is 4. The van der Waals surface area contributed by atoms with Crippen LogP contribution >= 0.6 is 11.3 Å². The Balaban J connectivity index is 1.64. The van der Waals surface area contributed by atoms with Crippen molar-refractivity contribution in [1.29, 1.82) is 0 Å². The third kappa shape index (κ3) is 2.95. The van der Waals surface area contributed by atoms with Gasteiger partial charge in [0.05, 0.1) is 23.0 Å². The molecule has 0 aliphatic heterocycles. The predicted octanol–water partition coefficient (Wildman–Crippen LogP) is 4.37. The van der Waals surface area contributed by atoms with Gasteiger partial charge in [-0.05, 0) is 49.4 Å². The lowest BCUT2D eigenvalue weighted by molar-refractivity contribution is -0.142. The first-order valence-corrected chi connectivity index (χ1v) is 10.6. The second-order valence-electron chi connectivity index (χ2n) is 7.50. The van der Waals surface area contributed by atoms with Crippen molar-refractivity contribution in [3.63, 3.8) is 0 Å². The van der Waals surface area contributed by atoms with Crippen LogP contribution in [0.4, 0.5) is 11.5 Å². The van der Waals surface area contributed by atoms with Crippen LogP contribution in [0.5, 0.6) is 0 Å². The molecule has 1 unspecified atom stereocenters. The molecule has 3 aromatic heterocycles. The Morgan fingerprint density at radius 1 is 1.38 bits per heavy atom. The molecule has 0 saturated heterocycles. The lowest BCUT2D eigenvalue weighted by Crippen LogP contribution is -2.21. The average Bonchev–Trinajstić information content (AvgIpc) is 3.33. The van der Waals surface area contributed by atoms with E-state index in [2.05, 4.69) is 22.4 Å². The summed E-state index contributed by atoms with van der Waals surface area (Å²) in [6.07, 6.45) is 4.55. The van der Waals surface area contributed by atoms with Gasteiger partial charge in [0.25, 0.3) is 0 Å². The highest BCUT2D eigenvalue weighted by Gasteiger charge is 2.29. The van der Waals surface area contributed by atoms with Crippen molar-refractivity contribution in [2.24, 2.45) is 5.92 Å². The predicted molar refractivity (Wildman–Crippen MR) is 114 cm³/mol. The molecule has 0 amide bonds. The smallest absolute Gasteiger partial charge is 0.306 e. The van der Waals surface area contributed by atoms with Gasteiger partial charge in [-0.15, -0.1) is 11.3 Å². The Hall–Kier alpha value is -3.00. The second kappa shape index (κ2) is 6.81. The minimum Gasteiger partial charge on any atom is -0.481 e. The van der Waals surface area contributed by atoms with E-state index >= 15 is 0 Å². The largest absolute Gasteiger partial charge is 0.481 e. The summed E-state index contributed by atoms with van der Waals surface area (Å²) in [5.74, 6) is 0.576. The maximum Gasteiger partial charge on any atom is 0.306 e. The number of aliphatic carboxylic acids is 1. The van der Waals surface area contributed by atoms with Gasteiger partial charge in [0.15, 0.2) is 0 Å². The maximum atomic E-state index is 11.5. The molecule has 4 aromatic rings. The number of hydrogen-bond donors (Lipinski definition) is 3. The minimum atomic E-state index is -0.712. The first-order chi connectivity index (χ1) is 14.0. The standard InChI is InChI=1S/C21H21N5O2S/c1-3-17-24-19(23-14-6-7-15-13(10(14)2)9-22-26-15)18-12-5-4-11(21(27)28)8-16(12)29-20(18)25-17/h6-7,9,11H,3-5,8H2,1-2H3,(H,22,26)(H,27,28)(H,23,24,25). The molecule has 1 aliphatic rings. The van der Waals surface area contributed by atoms with Gasteiger partial charge in [-0.3, -0.25) is 9.89 Å². The van der Waals surface area contributed by atoms with Gasteiger partial charge in [0.1, 0.15) is 16.5 Å². The molecule has 0 fully saturated rings. The van der Waals surface area contributed by atoms with Gasteiger partial charge >= 0.3 is 5.97 Å². The van der Waals surface area contributed by atoms with E-state index in [0.717, 1.165) is 61.7 Å². The van der Waals surface area contributed by atoms with E-state index in [9.17, 15) is 9.90 Å². The number of carboxylic acids is 1. The lowest BCUT2D eigenvalue weighted by Gasteiger charge is -2.19. The molecule has 0 bridgehead atoms. The van der Waals surface area contributed by atoms with Gasteiger partial charge < -0.3 is 10.4 Å². The molecule has 148 valence electrons. The van der Waals surface area contributed by atoms with Crippen LogP contribution in [0.25, 0.3) is 21.1 Å². The molecular formula is C21H21N5O2S. The highest BCUT2D eigenvalue weighted by molar-refractivity contribution is 7.19. The van der Waals surface area contributed by atoms with E-state index in [4.69, 9.17) is 9.97 Å². The maximum absolute atomic E-state index is 11.5. The number of carbonyl (C=O) groups is 1. The number of aromatic amines is 1. The fourth-order valence-electron chi connectivity index (χ4n) is 4.10. The summed E-state index contributed by atoms with van der Waals surface area (Å²) in [6.45, 7) is 4.11. The fourth-order valence-corrected chi connectivity index (χ4v) is 5.42. The van der Waals surface area contributed by atoms with Crippen molar-refractivity contribution in [3.8, 4) is 0 Å². The van der Waals surface area contributed by atoms with Crippen molar-refractivity contribution in [3.05, 3.63) is 40.2 Å². The number of anilines is 2. The molecule has 1 aliphatic carbocycles. The summed E-state index contributed by atoms with van der Waals surface area (Å²) in [5.41, 5.74) is 4.30. The second-order valence-corrected chi connectivity index (χ2v) is 8.58. The zero-order valence-electron chi connectivity index (χ0n) is 16.2. The third-order valence-electron chi connectivity index (χ3n) is 5.77. The van der Waals surface area contributed by atoms with Gasteiger partial charge in [-0.1, -0.05) is 6.92 Å². The molecule has 3 heterocycles. The molecule has 1 atom stereocenters. The van der Waals surface area contributed by atoms with Gasteiger partial charge in [0, 0.05) is 22.4 Å². The number of carboxylic acid groups (broad SMARTS) is 1. The first kappa shape index (κ1) is 18.1. The van der Waals surface area contributed by atoms with Crippen molar-refractivity contribution < 1.29 is 9.90 Å². The number of hydrogen-bond acceptors (Lipinski definition) is 6. The van der Waals surface area contributed by atoms with E-state index in [1.807, 2.05) is 25.3 Å². The van der Waals surface area contributed by atoms with Crippen molar-refractivity contribution in [2.75, 3.05) is 5.32 Å². The quantitative estimate of drug-likeness (QED) is 0.464. The van der Waals surface area contributed by atoms with E-state index in [-0.39, 0.29) is 5.92 Å². The molecule has 8 heteroatoms. The van der Waals surface area contributed by atoms with Crippen molar-refractivity contribution in [1.82, 2.24) is 20.2 Å². The zero-order chi connectivity index (χ0) is 20.1. The number of H-pyrrole nitrogens is 1. The first-order valence-electron chi connectivity index (χ1n) is 9.78. The molecule has 7 nitrogen and oxygen atoms in total. The van der Waals surface area contributed by atoms with E-state index in [0.29, 0.717) is 12.8 Å². The summed E-state index contributed by atoms with van der Waals surface area (Å²) in [4.78, 5) is 23.1. The molecule has 29 heavy (non-hydrogen) atoms. The van der Waals surface area contributed by atoms with Crippen LogP contribution in [0, 0.1) is 12.8 Å². The fraction of sp³-hybridized carbons (Fsp3) is 0.333. The van der Waals surface area contributed by atoms with Crippen LogP contribution in [-0.2, 0) is 24.1 Å². The minimum absolute atomic E-state index is 0.309. The topological polar surface area (TPSA) is 104 Å². The Kier molecular flexibility index (Phi) is 4.24. The Labute approximate surface area is 171 Å². The Bertz CT molecular complexity index is 1260. The normalized spacial score (nSPS) is 16.3. The molecule has 0 spiro atoms. The Morgan fingerprint density at radius 3 is 3.03 bits per heavy atom. The highest BCUT2D eigenvalue weighted by atomic mass is 32.1. The number of aromatic nitrogens is 4.